The number of aryl methyl sites for hydroxylation is 1. The van der Waals surface area contributed by atoms with Gasteiger partial charge in [-0.25, -0.2) is 4.98 Å². The number of ether oxygens (including phenoxy) is 3. The van der Waals surface area contributed by atoms with Crippen molar-refractivity contribution >= 4 is 34.0 Å². The third-order valence-corrected chi connectivity index (χ3v) is 8.28. The lowest BCUT2D eigenvalue weighted by Crippen LogP contribution is -2.09. The third-order valence-electron chi connectivity index (χ3n) is 6.92. The monoisotopic (exact) mass is 657 g/mol. The molecule has 0 aliphatic carbocycles. The molecular formula is C38H47N3O5S. The molecule has 1 N–H and O–H groups in total. The third kappa shape index (κ3) is 12.7. The van der Waals surface area contributed by atoms with E-state index >= 15 is 0 Å². The Hall–Kier alpha value is -4.39. The maximum atomic E-state index is 13.0. The fourth-order valence-electron chi connectivity index (χ4n) is 4.45. The molecule has 8 nitrogen and oxygen atoms in total. The summed E-state index contributed by atoms with van der Waals surface area (Å²) in [7, 11) is -1.23. The van der Waals surface area contributed by atoms with Crippen LogP contribution in [0.25, 0.3) is 11.6 Å². The van der Waals surface area contributed by atoms with Crippen LogP contribution < -0.4 is 10.1 Å². The topological polar surface area (TPSA) is 91.7 Å². The highest BCUT2D eigenvalue weighted by atomic mass is 32.2. The molecule has 0 radical (unpaired) electrons. The molecule has 47 heavy (non-hydrogen) atoms. The number of rotatable bonds is 19. The molecule has 2 aromatic carbocycles. The number of hydrogen-bond acceptors (Lipinski definition) is 6. The lowest BCUT2D eigenvalue weighted by Gasteiger charge is -2.14. The second kappa shape index (κ2) is 20.0. The number of anilines is 1. The first-order valence-electron chi connectivity index (χ1n) is 16.1. The highest BCUT2D eigenvalue weighted by molar-refractivity contribution is 7.84. The van der Waals surface area contributed by atoms with Crippen LogP contribution in [-0.4, -0.2) is 45.6 Å². The molecule has 1 amide bonds. The van der Waals surface area contributed by atoms with Gasteiger partial charge >= 0.3 is 0 Å². The van der Waals surface area contributed by atoms with Gasteiger partial charge in [0.15, 0.2) is 5.76 Å². The molecule has 1 atom stereocenters. The lowest BCUT2D eigenvalue weighted by molar-refractivity contribution is -0.111. The SMILES string of the molecule is C#C/C(=C\C=C(/C)c1ccc(OC(C)C)c(/C=C/C(=O)Nc2ccc(S(=O)Cc3cncn3CCC)cc2)c1)OCCOCCCC. The van der Waals surface area contributed by atoms with Crippen LogP contribution in [0.3, 0.4) is 0 Å². The number of amides is 1. The average Bonchev–Trinajstić information content (AvgIpc) is 3.49. The van der Waals surface area contributed by atoms with Crippen molar-refractivity contribution < 1.29 is 23.2 Å². The molecule has 0 bridgehead atoms. The van der Waals surface area contributed by atoms with Gasteiger partial charge in [0.2, 0.25) is 5.91 Å². The minimum Gasteiger partial charge on any atom is -0.490 e. The zero-order chi connectivity index (χ0) is 34.0. The Morgan fingerprint density at radius 2 is 1.87 bits per heavy atom. The van der Waals surface area contributed by atoms with Crippen LogP contribution in [-0.2, 0) is 37.4 Å². The number of terminal acetylenes is 1. The molecule has 1 unspecified atom stereocenters. The maximum Gasteiger partial charge on any atom is 0.248 e. The molecule has 0 saturated carbocycles. The number of carbonyl (C=O) groups is 1. The Kier molecular flexibility index (Phi) is 15.8. The van der Waals surface area contributed by atoms with E-state index in [0.29, 0.717) is 47.7 Å². The van der Waals surface area contributed by atoms with E-state index in [9.17, 15) is 9.00 Å². The average molecular weight is 658 g/mol. The van der Waals surface area contributed by atoms with Crippen LogP contribution >= 0.6 is 0 Å². The van der Waals surface area contributed by atoms with E-state index < -0.39 is 10.8 Å². The largest absolute Gasteiger partial charge is 0.490 e. The lowest BCUT2D eigenvalue weighted by atomic mass is 10.0. The van der Waals surface area contributed by atoms with Gasteiger partial charge in [-0.1, -0.05) is 32.4 Å². The van der Waals surface area contributed by atoms with E-state index in [-0.39, 0.29) is 12.0 Å². The minimum absolute atomic E-state index is 0.0426. The zero-order valence-corrected chi connectivity index (χ0v) is 29.0. The van der Waals surface area contributed by atoms with Crippen molar-refractivity contribution in [3.8, 4) is 18.1 Å². The van der Waals surface area contributed by atoms with E-state index in [2.05, 4.69) is 30.1 Å². The van der Waals surface area contributed by atoms with Gasteiger partial charge in [-0.05, 0) is 99.2 Å². The van der Waals surface area contributed by atoms with Gasteiger partial charge in [-0.3, -0.25) is 9.00 Å². The van der Waals surface area contributed by atoms with Gasteiger partial charge in [0.1, 0.15) is 12.4 Å². The van der Waals surface area contributed by atoms with Crippen molar-refractivity contribution in [1.82, 2.24) is 9.55 Å². The molecule has 0 aliphatic heterocycles. The molecule has 1 aromatic heterocycles. The van der Waals surface area contributed by atoms with E-state index in [1.807, 2.05) is 49.6 Å². The van der Waals surface area contributed by atoms with Crippen molar-refractivity contribution in [2.24, 2.45) is 0 Å². The van der Waals surface area contributed by atoms with E-state index in [0.717, 1.165) is 48.2 Å². The number of unbranched alkanes of at least 4 members (excludes halogenated alkanes) is 1. The normalized spacial score (nSPS) is 12.7. The molecule has 9 heteroatoms. The van der Waals surface area contributed by atoms with Gasteiger partial charge in [-0.15, -0.1) is 6.42 Å². The summed E-state index contributed by atoms with van der Waals surface area (Å²) in [5.41, 5.74) is 4.20. The minimum atomic E-state index is -1.23. The van der Waals surface area contributed by atoms with Crippen LogP contribution in [0.15, 0.2) is 83.9 Å². The number of nitrogens with one attached hydrogen (secondary N) is 1. The highest BCUT2D eigenvalue weighted by Crippen LogP contribution is 2.27. The van der Waals surface area contributed by atoms with E-state index in [1.54, 1.807) is 48.9 Å². The number of allylic oxidation sites excluding steroid dienone is 4. The standard InChI is InChI=1S/C38H47N3O5S/c1-7-10-22-44-23-24-45-35(9-3)16-11-30(6)31-12-19-37(46-29(4)5)32(25-31)13-20-38(42)40-33-14-17-36(18-15-33)47(43)27-34-26-39-28-41(34)21-8-2/h3,11-20,25-26,28-29H,7-8,10,21-24,27H2,1-2,4-6H3,(H,40,42)/b20-13+,30-11+,35-16+. The van der Waals surface area contributed by atoms with Crippen molar-refractivity contribution in [3.63, 3.8) is 0 Å². The Bertz CT molecular complexity index is 1600. The van der Waals surface area contributed by atoms with Gasteiger partial charge in [0.05, 0.1) is 41.3 Å². The fourth-order valence-corrected chi connectivity index (χ4v) is 5.56. The summed E-state index contributed by atoms with van der Waals surface area (Å²) in [6, 6.07) is 12.9. The van der Waals surface area contributed by atoms with Gasteiger partial charge in [0, 0.05) is 41.6 Å². The second-order valence-corrected chi connectivity index (χ2v) is 12.6. The summed E-state index contributed by atoms with van der Waals surface area (Å²) in [5, 5.41) is 2.88. The molecule has 250 valence electrons. The number of nitrogens with zero attached hydrogens (tertiary/aromatic N) is 2. The smallest absolute Gasteiger partial charge is 0.248 e. The zero-order valence-electron chi connectivity index (χ0n) is 28.2. The predicted octanol–water partition coefficient (Wildman–Crippen LogP) is 7.79. The van der Waals surface area contributed by atoms with Crippen molar-refractivity contribution in [1.29, 1.82) is 0 Å². The van der Waals surface area contributed by atoms with Gasteiger partial charge < -0.3 is 24.1 Å². The first kappa shape index (κ1) is 37.1. The fraction of sp³-hybridized carbons (Fsp3) is 0.368. The Morgan fingerprint density at radius 3 is 2.57 bits per heavy atom. The van der Waals surface area contributed by atoms with Crippen molar-refractivity contribution in [2.75, 3.05) is 25.1 Å². The van der Waals surface area contributed by atoms with Crippen LogP contribution in [0.4, 0.5) is 5.69 Å². The second-order valence-electron chi connectivity index (χ2n) is 11.2. The number of carbonyl (C=O) groups excluding carboxylic acids is 1. The maximum absolute atomic E-state index is 13.0. The summed E-state index contributed by atoms with van der Waals surface area (Å²) in [6.45, 7) is 12.5. The van der Waals surface area contributed by atoms with E-state index in [1.165, 1.54) is 6.08 Å². The summed E-state index contributed by atoms with van der Waals surface area (Å²) in [4.78, 5) is 17.7. The Balaban J connectivity index is 1.66. The Labute approximate surface area is 282 Å². The van der Waals surface area contributed by atoms with Crippen molar-refractivity contribution in [3.05, 3.63) is 95.8 Å². The number of hydrogen-bond donors (Lipinski definition) is 1. The summed E-state index contributed by atoms with van der Waals surface area (Å²) >= 11 is 0. The first-order valence-corrected chi connectivity index (χ1v) is 17.4. The van der Waals surface area contributed by atoms with Gasteiger partial charge in [0.25, 0.3) is 0 Å². The van der Waals surface area contributed by atoms with Crippen LogP contribution in [0.1, 0.15) is 70.7 Å². The molecular weight excluding hydrogens is 611 g/mol. The molecule has 3 aromatic rings. The van der Waals surface area contributed by atoms with Crippen LogP contribution in [0, 0.1) is 12.3 Å². The molecule has 0 aliphatic rings. The molecule has 3 rings (SSSR count). The summed E-state index contributed by atoms with van der Waals surface area (Å²) in [6.07, 6.45) is 19.1. The Morgan fingerprint density at radius 1 is 1.09 bits per heavy atom. The number of benzene rings is 2. The summed E-state index contributed by atoms with van der Waals surface area (Å²) in [5.74, 6) is 3.75. The molecule has 0 saturated heterocycles. The first-order chi connectivity index (χ1) is 22.7. The quantitative estimate of drug-likeness (QED) is 0.0465. The van der Waals surface area contributed by atoms with Gasteiger partial charge in [-0.2, -0.15) is 0 Å². The summed E-state index contributed by atoms with van der Waals surface area (Å²) < 4.78 is 32.2. The van der Waals surface area contributed by atoms with Crippen LogP contribution in [0.2, 0.25) is 0 Å². The molecule has 0 fully saturated rings. The highest BCUT2D eigenvalue weighted by Gasteiger charge is 2.11. The molecule has 0 spiro atoms. The number of aromatic nitrogens is 2. The van der Waals surface area contributed by atoms with Crippen molar-refractivity contribution in [2.45, 2.75) is 77.2 Å². The van der Waals surface area contributed by atoms with E-state index in [4.69, 9.17) is 20.6 Å². The van der Waals surface area contributed by atoms with Crippen LogP contribution in [0.5, 0.6) is 5.75 Å². The molecule has 1 heterocycles. The predicted molar refractivity (Wildman–Crippen MR) is 191 cm³/mol. The number of imidazole rings is 1.